The number of ether oxygens (including phenoxy) is 1. The lowest BCUT2D eigenvalue weighted by molar-refractivity contribution is -0.148. The Hall–Kier alpha value is -1.31. The molecule has 1 atom stereocenters. The molecule has 2 rings (SSSR count). The Morgan fingerprint density at radius 1 is 1.17 bits per heavy atom. The van der Waals surface area contributed by atoms with Gasteiger partial charge in [-0.25, -0.2) is 0 Å². The number of ketones is 1. The second-order valence-corrected chi connectivity index (χ2v) is 6.73. The van der Waals surface area contributed by atoms with Gasteiger partial charge < -0.3 is 4.74 Å². The van der Waals surface area contributed by atoms with Crippen LogP contribution in [0.2, 0.25) is 0 Å². The third kappa shape index (κ3) is 2.29. The minimum absolute atomic E-state index is 0.0190. The Morgan fingerprint density at radius 2 is 1.72 bits per heavy atom. The summed E-state index contributed by atoms with van der Waals surface area (Å²) in [5, 5.41) is 0. The normalized spacial score (nSPS) is 22.5. The van der Waals surface area contributed by atoms with Gasteiger partial charge in [-0.2, -0.15) is 0 Å². The fourth-order valence-corrected chi connectivity index (χ4v) is 2.12. The fourth-order valence-electron chi connectivity index (χ4n) is 2.12. The van der Waals surface area contributed by atoms with Gasteiger partial charge >= 0.3 is 0 Å². The van der Waals surface area contributed by atoms with Gasteiger partial charge in [0.25, 0.3) is 0 Å². The summed E-state index contributed by atoms with van der Waals surface area (Å²) in [7, 11) is 0. The van der Waals surface area contributed by atoms with Crippen LogP contribution in [0.5, 0.6) is 5.75 Å². The lowest BCUT2D eigenvalue weighted by Crippen LogP contribution is -2.52. The molecule has 0 aromatic heterocycles. The molecule has 1 aromatic rings. The number of Topliss-reactive ketones (excluding diaryl/α,β-unsaturated/α-hetero) is 1. The molecule has 0 bridgehead atoms. The Kier molecular flexibility index (Phi) is 3.00. The molecule has 2 nitrogen and oxygen atoms in total. The monoisotopic (exact) mass is 246 g/mol. The first kappa shape index (κ1) is 13.1. The van der Waals surface area contributed by atoms with Crippen molar-refractivity contribution in [3.8, 4) is 5.75 Å². The van der Waals surface area contributed by atoms with E-state index in [4.69, 9.17) is 4.74 Å². The summed E-state index contributed by atoms with van der Waals surface area (Å²) < 4.78 is 5.88. The molecule has 0 N–H and O–H groups in total. The predicted molar refractivity (Wildman–Crippen MR) is 73.0 cm³/mol. The van der Waals surface area contributed by atoms with Gasteiger partial charge in [-0.05, 0) is 37.0 Å². The van der Waals surface area contributed by atoms with E-state index >= 15 is 0 Å². The Balaban J connectivity index is 2.06. The minimum atomic E-state index is -0.331. The summed E-state index contributed by atoms with van der Waals surface area (Å²) in [6.07, 6.45) is 0.555. The van der Waals surface area contributed by atoms with E-state index in [9.17, 15) is 4.79 Å². The highest BCUT2D eigenvalue weighted by Gasteiger charge is 2.49. The summed E-state index contributed by atoms with van der Waals surface area (Å²) >= 11 is 0. The van der Waals surface area contributed by atoms with E-state index in [2.05, 4.69) is 32.9 Å². The van der Waals surface area contributed by atoms with Crippen molar-refractivity contribution in [3.63, 3.8) is 0 Å². The van der Waals surface area contributed by atoms with E-state index in [1.165, 1.54) is 5.56 Å². The number of carbonyl (C=O) groups excluding carboxylic acids is 1. The van der Waals surface area contributed by atoms with Crippen molar-refractivity contribution in [2.45, 2.75) is 52.6 Å². The van der Waals surface area contributed by atoms with Gasteiger partial charge in [0.2, 0.25) is 0 Å². The maximum atomic E-state index is 11.5. The van der Waals surface area contributed by atoms with Crippen LogP contribution in [0.1, 0.15) is 46.6 Å². The highest BCUT2D eigenvalue weighted by atomic mass is 16.5. The molecule has 18 heavy (non-hydrogen) atoms. The van der Waals surface area contributed by atoms with E-state index in [1.807, 2.05) is 26.0 Å². The number of carbonyl (C=O) groups is 1. The zero-order valence-electron chi connectivity index (χ0n) is 11.9. The molecule has 0 heterocycles. The number of hydrogen-bond acceptors (Lipinski definition) is 2. The number of hydrogen-bond donors (Lipinski definition) is 0. The molecule has 0 spiro atoms. The smallest absolute Gasteiger partial charge is 0.145 e. The van der Waals surface area contributed by atoms with E-state index in [0.717, 1.165) is 5.75 Å². The van der Waals surface area contributed by atoms with Crippen molar-refractivity contribution in [2.75, 3.05) is 0 Å². The molecule has 1 aliphatic carbocycles. The SMILES string of the molecule is CC(C)(C)c1ccc(OC2CC(=O)C2(C)C)cc1. The van der Waals surface area contributed by atoms with Crippen molar-refractivity contribution in [2.24, 2.45) is 5.41 Å². The molecule has 0 saturated heterocycles. The molecule has 0 radical (unpaired) electrons. The third-order valence-electron chi connectivity index (χ3n) is 3.89. The predicted octanol–water partition coefficient (Wildman–Crippen LogP) is 3.73. The van der Waals surface area contributed by atoms with Gasteiger partial charge in [-0.3, -0.25) is 4.79 Å². The first-order valence-corrected chi connectivity index (χ1v) is 6.52. The topological polar surface area (TPSA) is 26.3 Å². The lowest BCUT2D eigenvalue weighted by Gasteiger charge is -2.42. The molecular weight excluding hydrogens is 224 g/mol. The summed E-state index contributed by atoms with van der Waals surface area (Å²) in [4.78, 5) is 11.5. The van der Waals surface area contributed by atoms with Crippen molar-refractivity contribution >= 4 is 5.78 Å². The number of benzene rings is 1. The molecule has 98 valence electrons. The lowest BCUT2D eigenvalue weighted by atomic mass is 9.68. The zero-order chi connectivity index (χ0) is 13.6. The van der Waals surface area contributed by atoms with Crippen LogP contribution in [-0.4, -0.2) is 11.9 Å². The van der Waals surface area contributed by atoms with Gasteiger partial charge in [-0.15, -0.1) is 0 Å². The first-order chi connectivity index (χ1) is 8.21. The van der Waals surface area contributed by atoms with E-state index < -0.39 is 0 Å². The van der Waals surface area contributed by atoms with Gasteiger partial charge in [-0.1, -0.05) is 32.9 Å². The summed E-state index contributed by atoms with van der Waals surface area (Å²) in [5.74, 6) is 1.15. The van der Waals surface area contributed by atoms with Crippen LogP contribution in [0.3, 0.4) is 0 Å². The molecule has 1 fully saturated rings. The summed E-state index contributed by atoms with van der Waals surface area (Å²) in [6.45, 7) is 10.5. The van der Waals surface area contributed by atoms with E-state index in [1.54, 1.807) is 0 Å². The van der Waals surface area contributed by atoms with Crippen molar-refractivity contribution in [3.05, 3.63) is 29.8 Å². The highest BCUT2D eigenvalue weighted by Crippen LogP contribution is 2.39. The second kappa shape index (κ2) is 4.11. The minimum Gasteiger partial charge on any atom is -0.489 e. The number of rotatable bonds is 2. The molecule has 0 aliphatic heterocycles. The average Bonchev–Trinajstić information content (AvgIpc) is 2.28. The van der Waals surface area contributed by atoms with Gasteiger partial charge in [0.05, 0.1) is 5.41 Å². The van der Waals surface area contributed by atoms with Crippen LogP contribution in [0.15, 0.2) is 24.3 Å². The standard InChI is InChI=1S/C16H22O2/c1-15(2,3)11-6-8-12(9-7-11)18-14-10-13(17)16(14,4)5/h6-9,14H,10H2,1-5H3. The van der Waals surface area contributed by atoms with E-state index in [0.29, 0.717) is 12.2 Å². The van der Waals surface area contributed by atoms with Crippen molar-refractivity contribution in [1.29, 1.82) is 0 Å². The molecule has 1 unspecified atom stereocenters. The van der Waals surface area contributed by atoms with Crippen molar-refractivity contribution in [1.82, 2.24) is 0 Å². The zero-order valence-corrected chi connectivity index (χ0v) is 11.9. The quantitative estimate of drug-likeness (QED) is 0.794. The summed E-state index contributed by atoms with van der Waals surface area (Å²) in [5.41, 5.74) is 1.12. The second-order valence-electron chi connectivity index (χ2n) is 6.73. The Labute approximate surface area is 109 Å². The molecule has 1 aliphatic rings. The van der Waals surface area contributed by atoms with Gasteiger partial charge in [0.15, 0.2) is 0 Å². The molecular formula is C16H22O2. The Morgan fingerprint density at radius 3 is 2.11 bits per heavy atom. The van der Waals surface area contributed by atoms with Crippen molar-refractivity contribution < 1.29 is 9.53 Å². The molecule has 1 aromatic carbocycles. The molecule has 1 saturated carbocycles. The third-order valence-corrected chi connectivity index (χ3v) is 3.89. The summed E-state index contributed by atoms with van der Waals surface area (Å²) in [6, 6.07) is 8.20. The van der Waals surface area contributed by atoms with Crippen LogP contribution < -0.4 is 4.74 Å². The van der Waals surface area contributed by atoms with Crippen LogP contribution in [0.4, 0.5) is 0 Å². The average molecular weight is 246 g/mol. The largest absolute Gasteiger partial charge is 0.489 e. The van der Waals surface area contributed by atoms with Crippen LogP contribution in [-0.2, 0) is 10.2 Å². The van der Waals surface area contributed by atoms with Gasteiger partial charge in [0, 0.05) is 6.42 Å². The van der Waals surface area contributed by atoms with Crippen LogP contribution in [0.25, 0.3) is 0 Å². The van der Waals surface area contributed by atoms with E-state index in [-0.39, 0.29) is 16.9 Å². The van der Waals surface area contributed by atoms with Crippen LogP contribution >= 0.6 is 0 Å². The van der Waals surface area contributed by atoms with Gasteiger partial charge in [0.1, 0.15) is 17.6 Å². The first-order valence-electron chi connectivity index (χ1n) is 6.52. The molecule has 0 amide bonds. The maximum absolute atomic E-state index is 11.5. The Bertz CT molecular complexity index is 449. The maximum Gasteiger partial charge on any atom is 0.145 e. The van der Waals surface area contributed by atoms with Crippen LogP contribution in [0, 0.1) is 5.41 Å². The fraction of sp³-hybridized carbons (Fsp3) is 0.562. The highest BCUT2D eigenvalue weighted by molar-refractivity contribution is 5.91. The molecule has 2 heteroatoms.